The highest BCUT2D eigenvalue weighted by molar-refractivity contribution is 7.66. The van der Waals surface area contributed by atoms with E-state index in [0.29, 0.717) is 24.0 Å². The maximum atomic E-state index is 11.7. The van der Waals surface area contributed by atoms with E-state index < -0.39 is 42.4 Å². The second kappa shape index (κ2) is 8.10. The molecule has 0 saturated carbocycles. The minimum absolute atomic E-state index is 0.0430. The topological polar surface area (TPSA) is 239 Å². The van der Waals surface area contributed by atoms with Gasteiger partial charge < -0.3 is 30.0 Å². The van der Waals surface area contributed by atoms with E-state index in [9.17, 15) is 18.6 Å². The summed E-state index contributed by atoms with van der Waals surface area (Å²) in [5.74, 6) is 0.0430. The molecule has 162 valence electrons. The summed E-state index contributed by atoms with van der Waals surface area (Å²) in [5, 5.41) is 0. The Balaban J connectivity index is 1.58. The Hall–Kier alpha value is -1.28. The van der Waals surface area contributed by atoms with Crippen LogP contribution in [0.2, 0.25) is 0 Å². The lowest BCUT2D eigenvalue weighted by atomic mass is 10.2. The van der Waals surface area contributed by atoms with Crippen LogP contribution in [0.25, 0.3) is 11.2 Å². The zero-order valence-electron chi connectivity index (χ0n) is 14.3. The molecule has 16 nitrogen and oxygen atoms in total. The average Bonchev–Trinajstić information content (AvgIpc) is 3.15. The fourth-order valence-electron chi connectivity index (χ4n) is 2.55. The zero-order chi connectivity index (χ0) is 21.4. The molecule has 0 amide bonds. The van der Waals surface area contributed by atoms with Gasteiger partial charge in [-0.15, -0.1) is 0 Å². The van der Waals surface area contributed by atoms with Gasteiger partial charge >= 0.3 is 23.5 Å². The number of hydrogen-bond donors (Lipinski definition) is 5. The summed E-state index contributed by atoms with van der Waals surface area (Å²) in [4.78, 5) is 47.6. The Morgan fingerprint density at radius 1 is 1.14 bits per heavy atom. The molecule has 3 heterocycles. The van der Waals surface area contributed by atoms with Gasteiger partial charge in [-0.05, 0) is 12.8 Å². The third kappa shape index (κ3) is 6.10. The van der Waals surface area contributed by atoms with Crippen LogP contribution in [0.4, 0.5) is 5.95 Å². The molecular weight excluding hydrogens is 459 g/mol. The van der Waals surface area contributed by atoms with Gasteiger partial charge in [0.25, 0.3) is 0 Å². The number of imidazole rings is 1. The third-order valence-corrected chi connectivity index (χ3v) is 7.37. The summed E-state index contributed by atoms with van der Waals surface area (Å²) in [7, 11) is -16.2. The van der Waals surface area contributed by atoms with Crippen molar-refractivity contribution in [3.05, 3.63) is 12.5 Å². The quantitative estimate of drug-likeness (QED) is 0.325. The Kier molecular flexibility index (Phi) is 6.26. The van der Waals surface area contributed by atoms with Crippen molar-refractivity contribution in [2.75, 3.05) is 12.3 Å². The van der Waals surface area contributed by atoms with Gasteiger partial charge in [0.2, 0.25) is 5.95 Å². The largest absolute Gasteiger partial charge is 0.490 e. The lowest BCUT2D eigenvalue weighted by Gasteiger charge is -2.18. The molecule has 2 unspecified atom stereocenters. The molecule has 0 aliphatic carbocycles. The highest BCUT2D eigenvalue weighted by Gasteiger charge is 2.41. The molecule has 19 heteroatoms. The number of anilines is 1. The van der Waals surface area contributed by atoms with Crippen LogP contribution in [0.3, 0.4) is 0 Å². The van der Waals surface area contributed by atoms with Crippen LogP contribution in [-0.2, 0) is 31.6 Å². The lowest BCUT2D eigenvalue weighted by Crippen LogP contribution is -2.16. The van der Waals surface area contributed by atoms with Crippen molar-refractivity contribution < 1.29 is 51.2 Å². The predicted octanol–water partition coefficient (Wildman–Crippen LogP) is 0.429. The fraction of sp³-hybridized carbons (Fsp3) is 0.500. The second-order valence-electron chi connectivity index (χ2n) is 5.77. The molecule has 1 fully saturated rings. The summed E-state index contributed by atoms with van der Waals surface area (Å²) >= 11 is 0. The van der Waals surface area contributed by atoms with E-state index >= 15 is 0 Å². The summed E-state index contributed by atoms with van der Waals surface area (Å²) in [5.41, 5.74) is 6.48. The van der Waals surface area contributed by atoms with Crippen LogP contribution in [0, 0.1) is 0 Å². The molecule has 2 aromatic heterocycles. The number of phosphoric acid groups is 3. The second-order valence-corrected chi connectivity index (χ2v) is 10.2. The third-order valence-electron chi connectivity index (χ3n) is 3.57. The Bertz CT molecular complexity index is 1040. The number of nitrogens with zero attached hydrogens (tertiary/aromatic N) is 4. The number of hydrogen-bond acceptors (Lipinski definition) is 11. The van der Waals surface area contributed by atoms with Crippen LogP contribution in [0.1, 0.15) is 19.1 Å². The van der Waals surface area contributed by atoms with E-state index in [1.807, 2.05) is 0 Å². The van der Waals surface area contributed by atoms with Crippen molar-refractivity contribution in [2.24, 2.45) is 0 Å². The molecule has 0 bridgehead atoms. The number of rotatable bonds is 8. The highest BCUT2D eigenvalue weighted by atomic mass is 31.3. The molecule has 4 atom stereocenters. The maximum Gasteiger partial charge on any atom is 0.490 e. The van der Waals surface area contributed by atoms with Crippen molar-refractivity contribution >= 4 is 40.6 Å². The van der Waals surface area contributed by atoms with E-state index in [0.717, 1.165) is 0 Å². The van der Waals surface area contributed by atoms with Gasteiger partial charge in [0.1, 0.15) is 11.7 Å². The molecule has 3 rings (SSSR count). The Morgan fingerprint density at radius 2 is 1.86 bits per heavy atom. The summed E-state index contributed by atoms with van der Waals surface area (Å²) in [6.07, 6.45) is 2.50. The monoisotopic (exact) mass is 475 g/mol. The van der Waals surface area contributed by atoms with Crippen molar-refractivity contribution in [3.8, 4) is 0 Å². The SMILES string of the molecule is Nc1ncc2ncn([C@H]3CC[C@@H](COP(=O)(O)OP(=O)(O)OP(=O)(O)O)O3)c2n1. The molecule has 0 aromatic carbocycles. The number of nitrogens with two attached hydrogens (primary N) is 1. The zero-order valence-corrected chi connectivity index (χ0v) is 17.0. The molecule has 2 aromatic rings. The first-order chi connectivity index (χ1) is 13.3. The van der Waals surface area contributed by atoms with E-state index in [2.05, 4.69) is 28.1 Å². The number of aromatic nitrogens is 4. The normalized spacial score (nSPS) is 24.4. The molecule has 1 aliphatic heterocycles. The number of nitrogen functional groups attached to an aromatic ring is 1. The minimum atomic E-state index is -5.56. The molecule has 1 saturated heterocycles. The Morgan fingerprint density at radius 3 is 2.55 bits per heavy atom. The Labute approximate surface area is 162 Å². The van der Waals surface area contributed by atoms with Crippen molar-refractivity contribution in [2.45, 2.75) is 25.2 Å². The van der Waals surface area contributed by atoms with Gasteiger partial charge in [0.15, 0.2) is 5.65 Å². The minimum Gasteiger partial charge on any atom is -0.368 e. The number of ether oxygens (including phenoxy) is 1. The summed E-state index contributed by atoms with van der Waals surface area (Å²) < 4.78 is 52.7. The van der Waals surface area contributed by atoms with Crippen LogP contribution < -0.4 is 5.73 Å². The number of phosphoric ester groups is 1. The van der Waals surface area contributed by atoms with Crippen molar-refractivity contribution in [1.82, 2.24) is 19.5 Å². The number of fused-ring (bicyclic) bond motifs is 1. The molecule has 6 N–H and O–H groups in total. The van der Waals surface area contributed by atoms with Crippen molar-refractivity contribution in [1.29, 1.82) is 0 Å². The smallest absolute Gasteiger partial charge is 0.368 e. The summed E-state index contributed by atoms with van der Waals surface area (Å²) in [6, 6.07) is 0. The maximum absolute atomic E-state index is 11.7. The van der Waals surface area contributed by atoms with Gasteiger partial charge in [-0.3, -0.25) is 9.09 Å². The highest BCUT2D eigenvalue weighted by Crippen LogP contribution is 2.66. The molecule has 29 heavy (non-hydrogen) atoms. The van der Waals surface area contributed by atoms with Crippen LogP contribution >= 0.6 is 23.5 Å². The van der Waals surface area contributed by atoms with E-state index in [4.69, 9.17) is 25.2 Å². The van der Waals surface area contributed by atoms with Gasteiger partial charge in [0.05, 0.1) is 25.2 Å². The average molecular weight is 475 g/mol. The van der Waals surface area contributed by atoms with Gasteiger partial charge in [-0.2, -0.15) is 13.6 Å². The summed E-state index contributed by atoms with van der Waals surface area (Å²) in [6.45, 7) is -0.524. The molecule has 1 aliphatic rings. The standard InChI is InChI=1S/C10H16N5O11P3/c11-10-12-3-7-9(14-10)15(5-13-7)8-2-1-6(24-8)4-23-28(19,20)26-29(21,22)25-27(16,17)18/h3,5-6,8H,1-2,4H2,(H,19,20)(H,21,22)(H2,11,12,14)(H2,16,17,18)/t6-,8+/m0/s1. The van der Waals surface area contributed by atoms with E-state index in [-0.39, 0.29) is 5.95 Å². The first-order valence-electron chi connectivity index (χ1n) is 7.72. The van der Waals surface area contributed by atoms with E-state index in [1.54, 1.807) is 4.57 Å². The van der Waals surface area contributed by atoms with Crippen LogP contribution in [-0.4, -0.2) is 51.8 Å². The van der Waals surface area contributed by atoms with Gasteiger partial charge in [0, 0.05) is 0 Å². The van der Waals surface area contributed by atoms with Gasteiger partial charge in [-0.25, -0.2) is 23.7 Å². The van der Waals surface area contributed by atoms with Crippen LogP contribution in [0.5, 0.6) is 0 Å². The first kappa shape index (κ1) is 22.4. The predicted molar refractivity (Wildman–Crippen MR) is 92.7 cm³/mol. The molecular formula is C10H16N5O11P3. The molecule has 0 spiro atoms. The lowest BCUT2D eigenvalue weighted by molar-refractivity contribution is -0.0205. The first-order valence-corrected chi connectivity index (χ1v) is 12.2. The van der Waals surface area contributed by atoms with E-state index in [1.165, 1.54) is 12.5 Å². The van der Waals surface area contributed by atoms with Crippen LogP contribution in [0.15, 0.2) is 12.5 Å². The molecule has 0 radical (unpaired) electrons. The fourth-order valence-corrected chi connectivity index (χ4v) is 5.59. The van der Waals surface area contributed by atoms with Gasteiger partial charge in [-0.1, -0.05) is 0 Å². The van der Waals surface area contributed by atoms with Crippen molar-refractivity contribution in [3.63, 3.8) is 0 Å².